The fraction of sp³-hybridized carbons (Fsp3) is 0.667. The van der Waals surface area contributed by atoms with Gasteiger partial charge in [0.1, 0.15) is 10.6 Å². The lowest BCUT2D eigenvalue weighted by atomic mass is 10.0. The number of piperidine rings is 1. The number of nitrogens with one attached hydrogen (secondary N) is 1. The maximum Gasteiger partial charge on any atom is 0.244 e. The second kappa shape index (κ2) is 8.98. The van der Waals surface area contributed by atoms with Crippen molar-refractivity contribution < 1.29 is 18.3 Å². The molecule has 6 nitrogen and oxygen atoms in total. The van der Waals surface area contributed by atoms with Gasteiger partial charge in [0.2, 0.25) is 10.0 Å². The molecule has 1 aliphatic heterocycles. The summed E-state index contributed by atoms with van der Waals surface area (Å²) in [6.45, 7) is 5.98. The molecule has 2 rings (SSSR count). The van der Waals surface area contributed by atoms with Gasteiger partial charge < -0.3 is 9.84 Å². The first kappa shape index (κ1) is 20.2. The Bertz CT molecular complexity index is 661. The SMILES string of the molecule is COc1ccc(C(C)C)cc1S(=O)(=O)NCCN1CCCC[C@@H]1CO. The van der Waals surface area contributed by atoms with Crippen LogP contribution in [0.1, 0.15) is 44.6 Å². The van der Waals surface area contributed by atoms with Gasteiger partial charge in [0, 0.05) is 19.1 Å². The Morgan fingerprint density at radius 1 is 1.36 bits per heavy atom. The highest BCUT2D eigenvalue weighted by atomic mass is 32.2. The van der Waals surface area contributed by atoms with Gasteiger partial charge in [-0.05, 0) is 43.0 Å². The molecule has 0 saturated carbocycles. The van der Waals surface area contributed by atoms with E-state index >= 15 is 0 Å². The summed E-state index contributed by atoms with van der Waals surface area (Å²) in [5.41, 5.74) is 0.956. The highest BCUT2D eigenvalue weighted by Crippen LogP contribution is 2.27. The molecule has 0 amide bonds. The Kier molecular flexibility index (Phi) is 7.25. The summed E-state index contributed by atoms with van der Waals surface area (Å²) in [5.74, 6) is 0.585. The molecule has 1 aliphatic rings. The van der Waals surface area contributed by atoms with Crippen molar-refractivity contribution in [2.45, 2.75) is 50.0 Å². The number of aliphatic hydroxyl groups is 1. The molecule has 0 bridgehead atoms. The van der Waals surface area contributed by atoms with E-state index in [9.17, 15) is 13.5 Å². The van der Waals surface area contributed by atoms with Gasteiger partial charge in [-0.2, -0.15) is 0 Å². The van der Waals surface area contributed by atoms with Crippen LogP contribution in [-0.2, 0) is 10.0 Å². The highest BCUT2D eigenvalue weighted by molar-refractivity contribution is 7.89. The van der Waals surface area contributed by atoms with Gasteiger partial charge in [0.25, 0.3) is 0 Å². The van der Waals surface area contributed by atoms with E-state index in [1.54, 1.807) is 12.1 Å². The molecule has 1 fully saturated rings. The lowest BCUT2D eigenvalue weighted by Crippen LogP contribution is -2.45. The molecule has 1 saturated heterocycles. The van der Waals surface area contributed by atoms with E-state index in [2.05, 4.69) is 9.62 Å². The van der Waals surface area contributed by atoms with Crippen molar-refractivity contribution in [3.63, 3.8) is 0 Å². The Morgan fingerprint density at radius 3 is 2.76 bits per heavy atom. The maximum absolute atomic E-state index is 12.7. The molecule has 0 unspecified atom stereocenters. The fourth-order valence-corrected chi connectivity index (χ4v) is 4.45. The third-order valence-electron chi connectivity index (χ3n) is 4.79. The minimum atomic E-state index is -3.65. The number of nitrogens with zero attached hydrogens (tertiary/aromatic N) is 1. The van der Waals surface area contributed by atoms with Crippen LogP contribution in [0.15, 0.2) is 23.1 Å². The second-order valence-electron chi connectivity index (χ2n) is 6.83. The summed E-state index contributed by atoms with van der Waals surface area (Å²) < 4.78 is 33.4. The Morgan fingerprint density at radius 2 is 2.12 bits per heavy atom. The van der Waals surface area contributed by atoms with Crippen LogP contribution >= 0.6 is 0 Å². The van der Waals surface area contributed by atoms with Crippen molar-refractivity contribution in [2.75, 3.05) is 33.4 Å². The number of benzene rings is 1. The number of hydrogen-bond donors (Lipinski definition) is 2. The molecule has 1 aromatic carbocycles. The molecule has 25 heavy (non-hydrogen) atoms. The predicted molar refractivity (Wildman–Crippen MR) is 98.6 cm³/mol. The Labute approximate surface area is 151 Å². The number of hydrogen-bond acceptors (Lipinski definition) is 5. The van der Waals surface area contributed by atoms with Gasteiger partial charge in [-0.1, -0.05) is 26.3 Å². The molecule has 2 N–H and O–H groups in total. The van der Waals surface area contributed by atoms with Crippen molar-refractivity contribution >= 4 is 10.0 Å². The van der Waals surface area contributed by atoms with E-state index in [0.717, 1.165) is 31.4 Å². The lowest BCUT2D eigenvalue weighted by Gasteiger charge is -2.34. The molecule has 142 valence electrons. The number of ether oxygens (including phenoxy) is 1. The monoisotopic (exact) mass is 370 g/mol. The van der Waals surface area contributed by atoms with Crippen molar-refractivity contribution in [2.24, 2.45) is 0 Å². The first-order valence-corrected chi connectivity index (χ1v) is 10.4. The van der Waals surface area contributed by atoms with Crippen molar-refractivity contribution in [3.05, 3.63) is 23.8 Å². The zero-order valence-corrected chi connectivity index (χ0v) is 16.2. The van der Waals surface area contributed by atoms with Gasteiger partial charge in [0.15, 0.2) is 0 Å². The largest absolute Gasteiger partial charge is 0.495 e. The highest BCUT2D eigenvalue weighted by Gasteiger charge is 2.24. The Hall–Kier alpha value is -1.15. The van der Waals surface area contributed by atoms with Gasteiger partial charge in [-0.25, -0.2) is 13.1 Å². The van der Waals surface area contributed by atoms with Crippen LogP contribution in [-0.4, -0.2) is 57.8 Å². The van der Waals surface area contributed by atoms with Gasteiger partial charge in [0.05, 0.1) is 13.7 Å². The van der Waals surface area contributed by atoms with Crippen LogP contribution in [0.25, 0.3) is 0 Å². The Balaban J connectivity index is 2.07. The predicted octanol–water partition coefficient (Wildman–Crippen LogP) is 1.94. The molecule has 0 spiro atoms. The topological polar surface area (TPSA) is 78.9 Å². The normalized spacial score (nSPS) is 19.3. The summed E-state index contributed by atoms with van der Waals surface area (Å²) in [7, 11) is -2.17. The molecule has 1 aromatic rings. The summed E-state index contributed by atoms with van der Waals surface area (Å²) in [5, 5.41) is 9.45. The van der Waals surface area contributed by atoms with Crippen molar-refractivity contribution in [1.29, 1.82) is 0 Å². The van der Waals surface area contributed by atoms with E-state index in [4.69, 9.17) is 4.74 Å². The molecule has 0 radical (unpaired) electrons. The number of methoxy groups -OCH3 is 1. The number of likely N-dealkylation sites (tertiary alicyclic amines) is 1. The van der Waals surface area contributed by atoms with Crippen LogP contribution in [0.3, 0.4) is 0 Å². The van der Waals surface area contributed by atoms with E-state index in [-0.39, 0.29) is 23.5 Å². The number of sulfonamides is 1. The summed E-state index contributed by atoms with van der Waals surface area (Å²) >= 11 is 0. The third kappa shape index (κ3) is 5.17. The van der Waals surface area contributed by atoms with Crippen LogP contribution in [0.4, 0.5) is 0 Å². The van der Waals surface area contributed by atoms with E-state index in [1.807, 2.05) is 19.9 Å². The zero-order chi connectivity index (χ0) is 18.4. The van der Waals surface area contributed by atoms with Gasteiger partial charge >= 0.3 is 0 Å². The summed E-state index contributed by atoms with van der Waals surface area (Å²) in [6, 6.07) is 5.42. The average molecular weight is 371 g/mol. The van der Waals surface area contributed by atoms with E-state index in [0.29, 0.717) is 18.8 Å². The fourth-order valence-electron chi connectivity index (χ4n) is 3.22. The first-order chi connectivity index (χ1) is 11.9. The molecule has 1 heterocycles. The van der Waals surface area contributed by atoms with Gasteiger partial charge in [-0.3, -0.25) is 4.90 Å². The molecule has 1 atom stereocenters. The molecule has 7 heteroatoms. The number of rotatable bonds is 8. The molecular weight excluding hydrogens is 340 g/mol. The van der Waals surface area contributed by atoms with E-state index in [1.165, 1.54) is 7.11 Å². The standard InChI is InChI=1S/C18H30N2O4S/c1-14(2)15-7-8-17(24-3)18(12-15)25(22,23)19-9-11-20-10-5-4-6-16(20)13-21/h7-8,12,14,16,19,21H,4-6,9-11,13H2,1-3H3/t16-/m1/s1. The van der Waals surface area contributed by atoms with E-state index < -0.39 is 10.0 Å². The van der Waals surface area contributed by atoms with Gasteiger partial charge in [-0.15, -0.1) is 0 Å². The van der Waals surface area contributed by atoms with Crippen molar-refractivity contribution in [1.82, 2.24) is 9.62 Å². The third-order valence-corrected chi connectivity index (χ3v) is 6.28. The quantitative estimate of drug-likeness (QED) is 0.731. The zero-order valence-electron chi connectivity index (χ0n) is 15.4. The lowest BCUT2D eigenvalue weighted by molar-refractivity contribution is 0.0923. The van der Waals surface area contributed by atoms with Crippen LogP contribution in [0, 0.1) is 0 Å². The summed E-state index contributed by atoms with van der Waals surface area (Å²) in [4.78, 5) is 2.34. The molecule has 0 aromatic heterocycles. The minimum absolute atomic E-state index is 0.122. The molecular formula is C18H30N2O4S. The summed E-state index contributed by atoms with van der Waals surface area (Å²) in [6.07, 6.45) is 3.17. The van der Waals surface area contributed by atoms with Crippen molar-refractivity contribution in [3.8, 4) is 5.75 Å². The first-order valence-electron chi connectivity index (χ1n) is 8.91. The van der Waals surface area contributed by atoms with Crippen LogP contribution in [0.5, 0.6) is 5.75 Å². The van der Waals surface area contributed by atoms with Crippen LogP contribution in [0.2, 0.25) is 0 Å². The smallest absolute Gasteiger partial charge is 0.244 e. The van der Waals surface area contributed by atoms with Crippen LogP contribution < -0.4 is 9.46 Å². The minimum Gasteiger partial charge on any atom is -0.495 e. The number of aliphatic hydroxyl groups excluding tert-OH is 1. The maximum atomic E-state index is 12.7. The molecule has 0 aliphatic carbocycles. The average Bonchev–Trinajstić information content (AvgIpc) is 2.61. The second-order valence-corrected chi connectivity index (χ2v) is 8.57.